The standard InChI is InChI=1S/C21H21ClFN3O2/c22-18-4-2-1-3-17(18)20-13-26(9-10-28-20)21(27)24-8-7-14-12-25-19-11-15(23)5-6-16(14)19/h1-6,11-12,20,25H,7-10,13H2,(H,24,27). The molecule has 146 valence electrons. The second kappa shape index (κ2) is 8.20. The van der Waals surface area contributed by atoms with Crippen LogP contribution in [-0.4, -0.2) is 42.2 Å². The van der Waals surface area contributed by atoms with Crippen molar-refractivity contribution in [3.05, 3.63) is 70.6 Å². The number of hydrogen-bond acceptors (Lipinski definition) is 2. The zero-order valence-electron chi connectivity index (χ0n) is 15.3. The second-order valence-electron chi connectivity index (χ2n) is 6.81. The fraction of sp³-hybridized carbons (Fsp3) is 0.286. The molecule has 1 aromatic heterocycles. The van der Waals surface area contributed by atoms with Crippen molar-refractivity contribution in [3.63, 3.8) is 0 Å². The van der Waals surface area contributed by atoms with E-state index in [4.69, 9.17) is 16.3 Å². The molecule has 0 radical (unpaired) electrons. The van der Waals surface area contributed by atoms with Gasteiger partial charge in [-0.3, -0.25) is 0 Å². The fourth-order valence-corrected chi connectivity index (χ4v) is 3.80. The molecule has 28 heavy (non-hydrogen) atoms. The molecule has 2 N–H and O–H groups in total. The predicted octanol–water partition coefficient (Wildman–Crippen LogP) is 4.29. The summed E-state index contributed by atoms with van der Waals surface area (Å²) in [4.78, 5) is 17.4. The molecule has 2 heterocycles. The number of urea groups is 1. The first-order valence-electron chi connectivity index (χ1n) is 9.26. The Morgan fingerprint density at radius 1 is 1.32 bits per heavy atom. The summed E-state index contributed by atoms with van der Waals surface area (Å²) in [5.41, 5.74) is 2.70. The highest BCUT2D eigenvalue weighted by molar-refractivity contribution is 6.31. The third-order valence-corrected chi connectivity index (χ3v) is 5.35. The SMILES string of the molecule is O=C(NCCc1c[nH]c2cc(F)ccc12)N1CCOC(c2ccccc2Cl)C1. The lowest BCUT2D eigenvalue weighted by Gasteiger charge is -2.33. The summed E-state index contributed by atoms with van der Waals surface area (Å²) in [6, 6.07) is 12.1. The third-order valence-electron chi connectivity index (χ3n) is 5.01. The first-order valence-corrected chi connectivity index (χ1v) is 9.64. The quantitative estimate of drug-likeness (QED) is 0.685. The average molecular weight is 402 g/mol. The van der Waals surface area contributed by atoms with Gasteiger partial charge in [-0.15, -0.1) is 0 Å². The van der Waals surface area contributed by atoms with Gasteiger partial charge in [0.15, 0.2) is 0 Å². The molecule has 0 saturated carbocycles. The van der Waals surface area contributed by atoms with Crippen molar-refractivity contribution in [1.82, 2.24) is 15.2 Å². The van der Waals surface area contributed by atoms with Crippen LogP contribution in [0.4, 0.5) is 9.18 Å². The number of hydrogen-bond donors (Lipinski definition) is 2. The Labute approximate surface area is 167 Å². The monoisotopic (exact) mass is 401 g/mol. The molecule has 1 saturated heterocycles. The van der Waals surface area contributed by atoms with Gasteiger partial charge >= 0.3 is 6.03 Å². The molecule has 5 nitrogen and oxygen atoms in total. The summed E-state index contributed by atoms with van der Waals surface area (Å²) in [6.07, 6.45) is 2.30. The van der Waals surface area contributed by atoms with Crippen molar-refractivity contribution in [2.24, 2.45) is 0 Å². The number of carbonyl (C=O) groups excluding carboxylic acids is 1. The molecule has 2 amide bonds. The summed E-state index contributed by atoms with van der Waals surface area (Å²) in [5.74, 6) is -0.269. The highest BCUT2D eigenvalue weighted by Crippen LogP contribution is 2.28. The molecule has 1 aliphatic heterocycles. The molecule has 0 spiro atoms. The lowest BCUT2D eigenvalue weighted by molar-refractivity contribution is -0.0153. The molecule has 4 rings (SSSR count). The maximum absolute atomic E-state index is 13.3. The van der Waals surface area contributed by atoms with E-state index in [2.05, 4.69) is 10.3 Å². The minimum atomic E-state index is -0.269. The van der Waals surface area contributed by atoms with Crippen LogP contribution >= 0.6 is 11.6 Å². The van der Waals surface area contributed by atoms with Crippen LogP contribution in [0.1, 0.15) is 17.2 Å². The highest BCUT2D eigenvalue weighted by atomic mass is 35.5. The molecular weight excluding hydrogens is 381 g/mol. The average Bonchev–Trinajstić information content (AvgIpc) is 3.10. The molecule has 0 bridgehead atoms. The van der Waals surface area contributed by atoms with Crippen LogP contribution < -0.4 is 5.32 Å². The number of amides is 2. The highest BCUT2D eigenvalue weighted by Gasteiger charge is 2.26. The van der Waals surface area contributed by atoms with Crippen molar-refractivity contribution in [2.75, 3.05) is 26.2 Å². The molecular formula is C21H21ClFN3O2. The van der Waals surface area contributed by atoms with E-state index in [1.165, 1.54) is 12.1 Å². The van der Waals surface area contributed by atoms with Gasteiger partial charge in [-0.25, -0.2) is 9.18 Å². The zero-order chi connectivity index (χ0) is 19.5. The Morgan fingerprint density at radius 3 is 3.04 bits per heavy atom. The van der Waals surface area contributed by atoms with E-state index < -0.39 is 0 Å². The van der Waals surface area contributed by atoms with Crippen LogP contribution in [-0.2, 0) is 11.2 Å². The number of ether oxygens (including phenoxy) is 1. The van der Waals surface area contributed by atoms with E-state index in [0.717, 1.165) is 22.0 Å². The number of rotatable bonds is 4. The maximum Gasteiger partial charge on any atom is 0.317 e. The predicted molar refractivity (Wildman–Crippen MR) is 107 cm³/mol. The summed E-state index contributed by atoms with van der Waals surface area (Å²) in [7, 11) is 0. The minimum absolute atomic E-state index is 0.119. The zero-order valence-corrected chi connectivity index (χ0v) is 16.0. The number of fused-ring (bicyclic) bond motifs is 1. The minimum Gasteiger partial charge on any atom is -0.370 e. The number of benzene rings is 2. The number of nitrogens with one attached hydrogen (secondary N) is 2. The van der Waals surface area contributed by atoms with Gasteiger partial charge in [0.05, 0.1) is 13.2 Å². The smallest absolute Gasteiger partial charge is 0.317 e. The molecule has 1 fully saturated rings. The number of nitrogens with zero attached hydrogens (tertiary/aromatic N) is 1. The van der Waals surface area contributed by atoms with Gasteiger partial charge in [-0.2, -0.15) is 0 Å². The number of aromatic nitrogens is 1. The van der Waals surface area contributed by atoms with Gasteiger partial charge in [-0.1, -0.05) is 29.8 Å². The Hall–Kier alpha value is -2.57. The molecule has 2 aromatic carbocycles. The van der Waals surface area contributed by atoms with E-state index in [1.807, 2.05) is 30.5 Å². The van der Waals surface area contributed by atoms with Crippen LogP contribution in [0.3, 0.4) is 0 Å². The van der Waals surface area contributed by atoms with E-state index in [-0.39, 0.29) is 18.0 Å². The molecule has 1 unspecified atom stereocenters. The summed E-state index contributed by atoms with van der Waals surface area (Å²) >= 11 is 6.26. The van der Waals surface area contributed by atoms with Crippen LogP contribution in [0.15, 0.2) is 48.7 Å². The second-order valence-corrected chi connectivity index (χ2v) is 7.22. The Morgan fingerprint density at radius 2 is 2.18 bits per heavy atom. The number of H-pyrrole nitrogens is 1. The van der Waals surface area contributed by atoms with Crippen molar-refractivity contribution in [2.45, 2.75) is 12.5 Å². The number of halogens is 2. The first-order chi connectivity index (χ1) is 13.6. The normalized spacial score (nSPS) is 17.1. The number of morpholine rings is 1. The van der Waals surface area contributed by atoms with E-state index in [1.54, 1.807) is 11.0 Å². The lowest BCUT2D eigenvalue weighted by atomic mass is 10.1. The van der Waals surface area contributed by atoms with Gasteiger partial charge in [0.25, 0.3) is 0 Å². The van der Waals surface area contributed by atoms with E-state index in [9.17, 15) is 9.18 Å². The van der Waals surface area contributed by atoms with Crippen molar-refractivity contribution in [1.29, 1.82) is 0 Å². The van der Waals surface area contributed by atoms with Crippen molar-refractivity contribution in [3.8, 4) is 0 Å². The van der Waals surface area contributed by atoms with Crippen LogP contribution in [0.5, 0.6) is 0 Å². The molecule has 1 aliphatic rings. The topological polar surface area (TPSA) is 57.4 Å². The van der Waals surface area contributed by atoms with Crippen molar-refractivity contribution >= 4 is 28.5 Å². The molecule has 1 atom stereocenters. The largest absolute Gasteiger partial charge is 0.370 e. The summed E-state index contributed by atoms with van der Waals surface area (Å²) in [6.45, 7) is 1.97. The van der Waals surface area contributed by atoms with Gasteiger partial charge in [-0.05, 0) is 36.2 Å². The molecule has 3 aromatic rings. The third kappa shape index (κ3) is 3.98. The Bertz CT molecular complexity index is 991. The first kappa shape index (κ1) is 18.8. The van der Waals surface area contributed by atoms with E-state index >= 15 is 0 Å². The van der Waals surface area contributed by atoms with Gasteiger partial charge < -0.3 is 19.9 Å². The molecule has 0 aliphatic carbocycles. The van der Waals surface area contributed by atoms with E-state index in [0.29, 0.717) is 37.7 Å². The number of aromatic amines is 1. The van der Waals surface area contributed by atoms with Gasteiger partial charge in [0.2, 0.25) is 0 Å². The van der Waals surface area contributed by atoms with Crippen LogP contribution in [0.2, 0.25) is 5.02 Å². The van der Waals surface area contributed by atoms with Crippen LogP contribution in [0, 0.1) is 5.82 Å². The van der Waals surface area contributed by atoms with Gasteiger partial charge in [0.1, 0.15) is 11.9 Å². The van der Waals surface area contributed by atoms with Crippen LogP contribution in [0.25, 0.3) is 10.9 Å². The number of carbonyl (C=O) groups is 1. The maximum atomic E-state index is 13.3. The molecule has 7 heteroatoms. The Kier molecular flexibility index (Phi) is 5.50. The summed E-state index contributed by atoms with van der Waals surface area (Å²) < 4.78 is 19.1. The van der Waals surface area contributed by atoms with Crippen molar-refractivity contribution < 1.29 is 13.9 Å². The summed E-state index contributed by atoms with van der Waals surface area (Å²) in [5, 5.41) is 4.58. The Balaban J connectivity index is 1.34. The van der Waals surface area contributed by atoms with Gasteiger partial charge in [0, 0.05) is 40.8 Å². The fourth-order valence-electron chi connectivity index (χ4n) is 3.54. The lowest BCUT2D eigenvalue weighted by Crippen LogP contribution is -2.47.